The highest BCUT2D eigenvalue weighted by Gasteiger charge is 2.24. The highest BCUT2D eigenvalue weighted by molar-refractivity contribution is 8.00. The van der Waals surface area contributed by atoms with Crippen molar-refractivity contribution >= 4 is 17.7 Å². The fraction of sp³-hybridized carbons (Fsp3) is 0.929. The molecule has 1 fully saturated rings. The molecular formula is C14H27NOS. The van der Waals surface area contributed by atoms with E-state index < -0.39 is 0 Å². The maximum atomic E-state index is 12.0. The largest absolute Gasteiger partial charge is 0.352 e. The summed E-state index contributed by atoms with van der Waals surface area (Å²) >= 11 is 1.79. The first-order chi connectivity index (χ1) is 8.15. The first-order valence-corrected chi connectivity index (χ1v) is 8.12. The Morgan fingerprint density at radius 1 is 1.41 bits per heavy atom. The third kappa shape index (κ3) is 5.33. The zero-order valence-electron chi connectivity index (χ0n) is 11.5. The Bertz CT molecular complexity index is 232. The molecular weight excluding hydrogens is 230 g/mol. The number of amides is 1. The molecule has 1 rings (SSSR count). The summed E-state index contributed by atoms with van der Waals surface area (Å²) in [5.41, 5.74) is 0. The van der Waals surface area contributed by atoms with E-state index in [2.05, 4.69) is 19.2 Å². The van der Waals surface area contributed by atoms with E-state index in [1.807, 2.05) is 6.92 Å². The van der Waals surface area contributed by atoms with Gasteiger partial charge in [-0.25, -0.2) is 0 Å². The molecule has 0 aromatic rings. The Kier molecular flexibility index (Phi) is 7.02. The van der Waals surface area contributed by atoms with Crippen molar-refractivity contribution in [2.75, 3.05) is 5.75 Å². The first kappa shape index (κ1) is 14.9. The summed E-state index contributed by atoms with van der Waals surface area (Å²) in [5, 5.41) is 3.34. The Hall–Kier alpha value is -0.180. The quantitative estimate of drug-likeness (QED) is 0.737. The van der Waals surface area contributed by atoms with Crippen LogP contribution in [0, 0.1) is 5.92 Å². The predicted octanol–water partition coefficient (Wildman–Crippen LogP) is 3.60. The molecule has 17 heavy (non-hydrogen) atoms. The summed E-state index contributed by atoms with van der Waals surface area (Å²) in [6.07, 6.45) is 7.45. The van der Waals surface area contributed by atoms with E-state index in [9.17, 15) is 4.79 Å². The standard InChI is InChI=1S/C14H27NOS/c1-4-5-10-17-12(3)14(16)15-13-9-7-6-8-11(13)2/h11-13H,4-10H2,1-3H3,(H,15,16). The summed E-state index contributed by atoms with van der Waals surface area (Å²) in [7, 11) is 0. The van der Waals surface area contributed by atoms with Gasteiger partial charge in [0.1, 0.15) is 0 Å². The van der Waals surface area contributed by atoms with Gasteiger partial charge in [-0.05, 0) is 37.9 Å². The minimum atomic E-state index is 0.107. The average molecular weight is 257 g/mol. The van der Waals surface area contributed by atoms with Crippen LogP contribution in [0.4, 0.5) is 0 Å². The average Bonchev–Trinajstić information content (AvgIpc) is 2.32. The molecule has 0 heterocycles. The van der Waals surface area contributed by atoms with E-state index in [-0.39, 0.29) is 11.2 Å². The number of rotatable bonds is 6. The van der Waals surface area contributed by atoms with Crippen molar-refractivity contribution in [3.8, 4) is 0 Å². The fourth-order valence-electron chi connectivity index (χ4n) is 2.31. The lowest BCUT2D eigenvalue weighted by Gasteiger charge is -2.30. The molecule has 1 amide bonds. The van der Waals surface area contributed by atoms with Gasteiger partial charge < -0.3 is 5.32 Å². The smallest absolute Gasteiger partial charge is 0.233 e. The SMILES string of the molecule is CCCCSC(C)C(=O)NC1CCCCC1C. The van der Waals surface area contributed by atoms with Gasteiger partial charge in [0.2, 0.25) is 5.91 Å². The molecule has 0 saturated heterocycles. The minimum absolute atomic E-state index is 0.107. The van der Waals surface area contributed by atoms with Gasteiger partial charge in [0.05, 0.1) is 5.25 Å². The topological polar surface area (TPSA) is 29.1 Å². The van der Waals surface area contributed by atoms with Gasteiger partial charge in [-0.3, -0.25) is 4.79 Å². The molecule has 1 saturated carbocycles. The van der Waals surface area contributed by atoms with Crippen LogP contribution < -0.4 is 5.32 Å². The maximum Gasteiger partial charge on any atom is 0.233 e. The monoisotopic (exact) mass is 257 g/mol. The second kappa shape index (κ2) is 8.02. The molecule has 0 aliphatic heterocycles. The van der Waals surface area contributed by atoms with E-state index in [4.69, 9.17) is 0 Å². The zero-order valence-corrected chi connectivity index (χ0v) is 12.3. The maximum absolute atomic E-state index is 12.0. The highest BCUT2D eigenvalue weighted by atomic mass is 32.2. The van der Waals surface area contributed by atoms with Crippen LogP contribution in [-0.2, 0) is 4.79 Å². The van der Waals surface area contributed by atoms with E-state index >= 15 is 0 Å². The van der Waals surface area contributed by atoms with Crippen LogP contribution in [0.1, 0.15) is 59.3 Å². The second-order valence-electron chi connectivity index (χ2n) is 5.24. The molecule has 0 spiro atoms. The van der Waals surface area contributed by atoms with E-state index in [0.717, 1.165) is 5.75 Å². The molecule has 2 nitrogen and oxygen atoms in total. The van der Waals surface area contributed by atoms with Crippen LogP contribution in [0.25, 0.3) is 0 Å². The number of carbonyl (C=O) groups is 1. The van der Waals surface area contributed by atoms with E-state index in [1.165, 1.54) is 38.5 Å². The highest BCUT2D eigenvalue weighted by Crippen LogP contribution is 2.24. The summed E-state index contributed by atoms with van der Waals surface area (Å²) in [6, 6.07) is 0.422. The van der Waals surface area contributed by atoms with Gasteiger partial charge in [0.25, 0.3) is 0 Å². The van der Waals surface area contributed by atoms with Gasteiger partial charge in [-0.2, -0.15) is 0 Å². The first-order valence-electron chi connectivity index (χ1n) is 7.07. The van der Waals surface area contributed by atoms with Crippen molar-refractivity contribution in [1.29, 1.82) is 0 Å². The molecule has 3 heteroatoms. The molecule has 1 N–H and O–H groups in total. The molecule has 3 atom stereocenters. The molecule has 100 valence electrons. The number of thioether (sulfide) groups is 1. The van der Waals surface area contributed by atoms with Gasteiger partial charge in [0.15, 0.2) is 0 Å². The van der Waals surface area contributed by atoms with Crippen LogP contribution in [-0.4, -0.2) is 23.0 Å². The van der Waals surface area contributed by atoms with Gasteiger partial charge in [-0.1, -0.05) is 33.1 Å². The van der Waals surface area contributed by atoms with Crippen LogP contribution in [0.2, 0.25) is 0 Å². The van der Waals surface area contributed by atoms with Crippen LogP contribution >= 0.6 is 11.8 Å². The number of carbonyl (C=O) groups excluding carboxylic acids is 1. The fourth-order valence-corrected chi connectivity index (χ4v) is 3.34. The Morgan fingerprint density at radius 3 is 2.76 bits per heavy atom. The summed E-state index contributed by atoms with van der Waals surface area (Å²) in [5.74, 6) is 2.00. The third-order valence-corrected chi connectivity index (χ3v) is 4.91. The van der Waals surface area contributed by atoms with Crippen LogP contribution in [0.3, 0.4) is 0 Å². The minimum Gasteiger partial charge on any atom is -0.352 e. The number of hydrogen-bond acceptors (Lipinski definition) is 2. The Labute approximate surface area is 110 Å². The number of unbranched alkanes of at least 4 members (excludes halogenated alkanes) is 1. The molecule has 0 aromatic heterocycles. The normalized spacial score (nSPS) is 26.5. The van der Waals surface area contributed by atoms with Crippen LogP contribution in [0.15, 0.2) is 0 Å². The molecule has 1 aliphatic carbocycles. The van der Waals surface area contributed by atoms with E-state index in [0.29, 0.717) is 12.0 Å². The Balaban J connectivity index is 2.26. The number of nitrogens with one attached hydrogen (secondary N) is 1. The summed E-state index contributed by atoms with van der Waals surface area (Å²) < 4.78 is 0. The van der Waals surface area contributed by atoms with Crippen molar-refractivity contribution in [2.24, 2.45) is 5.92 Å². The third-order valence-electron chi connectivity index (χ3n) is 3.67. The van der Waals surface area contributed by atoms with Crippen molar-refractivity contribution in [2.45, 2.75) is 70.6 Å². The molecule has 0 aromatic carbocycles. The molecule has 0 bridgehead atoms. The van der Waals surface area contributed by atoms with Crippen molar-refractivity contribution < 1.29 is 4.79 Å². The van der Waals surface area contributed by atoms with Crippen LogP contribution in [0.5, 0.6) is 0 Å². The molecule has 0 radical (unpaired) electrons. The van der Waals surface area contributed by atoms with Gasteiger partial charge in [0, 0.05) is 6.04 Å². The van der Waals surface area contributed by atoms with E-state index in [1.54, 1.807) is 11.8 Å². The summed E-state index contributed by atoms with van der Waals surface area (Å²) in [4.78, 5) is 12.0. The van der Waals surface area contributed by atoms with Crippen molar-refractivity contribution in [3.05, 3.63) is 0 Å². The number of hydrogen-bond donors (Lipinski definition) is 1. The van der Waals surface area contributed by atoms with Crippen molar-refractivity contribution in [3.63, 3.8) is 0 Å². The second-order valence-corrected chi connectivity index (χ2v) is 6.69. The summed E-state index contributed by atoms with van der Waals surface area (Å²) in [6.45, 7) is 6.48. The predicted molar refractivity (Wildman–Crippen MR) is 76.4 cm³/mol. The molecule has 3 unspecified atom stereocenters. The van der Waals surface area contributed by atoms with Gasteiger partial charge >= 0.3 is 0 Å². The molecule has 1 aliphatic rings. The van der Waals surface area contributed by atoms with Gasteiger partial charge in [-0.15, -0.1) is 11.8 Å². The lowest BCUT2D eigenvalue weighted by molar-refractivity contribution is -0.121. The van der Waals surface area contributed by atoms with Crippen molar-refractivity contribution in [1.82, 2.24) is 5.32 Å². The Morgan fingerprint density at radius 2 is 2.12 bits per heavy atom. The zero-order chi connectivity index (χ0) is 12.7. The lowest BCUT2D eigenvalue weighted by atomic mass is 9.86. The lowest BCUT2D eigenvalue weighted by Crippen LogP contribution is -2.44.